The second-order valence-electron chi connectivity index (χ2n) is 5.93. The molecule has 0 bridgehead atoms. The second-order valence-corrected chi connectivity index (χ2v) is 8.02. The Balaban J connectivity index is 1.96. The largest absolute Gasteiger partial charge is 0.493 e. The third-order valence-electron chi connectivity index (χ3n) is 4.11. The molecular formula is C19H14ClF3N2OS2. The van der Waals surface area contributed by atoms with Crippen LogP contribution in [0.25, 0.3) is 0 Å². The van der Waals surface area contributed by atoms with Gasteiger partial charge in [-0.3, -0.25) is 9.56 Å². The molecule has 1 atom stereocenters. The minimum atomic E-state index is -4.50. The number of hydrogen-bond acceptors (Lipinski definition) is 4. The van der Waals surface area contributed by atoms with E-state index in [2.05, 4.69) is 4.99 Å². The molecule has 9 heteroatoms. The lowest BCUT2D eigenvalue weighted by atomic mass is 10.1. The van der Waals surface area contributed by atoms with Gasteiger partial charge in [0, 0.05) is 0 Å². The highest BCUT2D eigenvalue weighted by Gasteiger charge is 2.31. The number of rotatable bonds is 4. The van der Waals surface area contributed by atoms with Gasteiger partial charge in [0.15, 0.2) is 3.95 Å². The van der Waals surface area contributed by atoms with Crippen molar-refractivity contribution >= 4 is 47.1 Å². The molecule has 0 unspecified atom stereocenters. The standard InChI is InChI=1S/C19H14ClF3N2OS2/c1-11(12-5-3-2-4-6-12)25-17(26)16(28-18(25)27)10-24-15-9-13(19(21,22)23)7-8-14(15)20/h2-11,26H,1H3/t11-/m1/s1. The summed E-state index contributed by atoms with van der Waals surface area (Å²) in [6.45, 7) is 1.89. The van der Waals surface area contributed by atoms with E-state index >= 15 is 0 Å². The van der Waals surface area contributed by atoms with Gasteiger partial charge in [-0.05, 0) is 42.9 Å². The van der Waals surface area contributed by atoms with Gasteiger partial charge in [0.05, 0.1) is 28.5 Å². The van der Waals surface area contributed by atoms with E-state index in [0.29, 0.717) is 8.83 Å². The zero-order chi connectivity index (χ0) is 20.5. The number of aliphatic imine (C=N–C) groups is 1. The highest BCUT2D eigenvalue weighted by atomic mass is 35.5. The van der Waals surface area contributed by atoms with Gasteiger partial charge < -0.3 is 5.11 Å². The van der Waals surface area contributed by atoms with Gasteiger partial charge in [0.2, 0.25) is 5.88 Å². The first-order valence-electron chi connectivity index (χ1n) is 8.08. The molecule has 0 spiro atoms. The summed E-state index contributed by atoms with van der Waals surface area (Å²) in [6, 6.07) is 12.2. The Bertz CT molecular complexity index is 1080. The minimum Gasteiger partial charge on any atom is -0.493 e. The molecule has 1 N–H and O–H groups in total. The van der Waals surface area contributed by atoms with E-state index in [1.54, 1.807) is 4.57 Å². The van der Waals surface area contributed by atoms with E-state index in [1.807, 2.05) is 37.3 Å². The number of halogens is 4. The van der Waals surface area contributed by atoms with Crippen LogP contribution in [-0.2, 0) is 6.18 Å². The summed E-state index contributed by atoms with van der Waals surface area (Å²) in [5.41, 5.74) is 0.0603. The second kappa shape index (κ2) is 8.06. The molecule has 1 aromatic heterocycles. The summed E-state index contributed by atoms with van der Waals surface area (Å²) in [6.07, 6.45) is -3.23. The Hall–Kier alpha value is -2.16. The molecule has 2 aromatic carbocycles. The number of hydrogen-bond donors (Lipinski definition) is 1. The van der Waals surface area contributed by atoms with Crippen LogP contribution in [0.2, 0.25) is 5.02 Å². The molecule has 28 heavy (non-hydrogen) atoms. The van der Waals surface area contributed by atoms with E-state index in [-0.39, 0.29) is 22.6 Å². The molecule has 0 radical (unpaired) electrons. The molecule has 0 aliphatic heterocycles. The van der Waals surface area contributed by atoms with E-state index in [9.17, 15) is 18.3 Å². The molecule has 3 rings (SSSR count). The summed E-state index contributed by atoms with van der Waals surface area (Å²) in [5.74, 6) is -0.0989. The van der Waals surface area contributed by atoms with E-state index in [1.165, 1.54) is 6.21 Å². The highest BCUT2D eigenvalue weighted by Crippen LogP contribution is 2.36. The molecular weight excluding hydrogens is 429 g/mol. The monoisotopic (exact) mass is 442 g/mol. The number of benzene rings is 2. The van der Waals surface area contributed by atoms with Crippen LogP contribution in [0.1, 0.15) is 29.0 Å². The smallest absolute Gasteiger partial charge is 0.416 e. The lowest BCUT2D eigenvalue weighted by Crippen LogP contribution is -2.06. The lowest BCUT2D eigenvalue weighted by Gasteiger charge is -2.14. The molecule has 146 valence electrons. The topological polar surface area (TPSA) is 37.5 Å². The first kappa shape index (κ1) is 20.6. The number of nitrogens with zero attached hydrogens (tertiary/aromatic N) is 2. The van der Waals surface area contributed by atoms with Crippen molar-refractivity contribution in [2.45, 2.75) is 19.1 Å². The zero-order valence-corrected chi connectivity index (χ0v) is 16.8. The van der Waals surface area contributed by atoms with Crippen molar-refractivity contribution in [3.05, 3.63) is 73.5 Å². The first-order valence-corrected chi connectivity index (χ1v) is 9.69. The Labute approximate surface area is 173 Å². The van der Waals surface area contributed by atoms with Crippen LogP contribution in [0, 0.1) is 3.95 Å². The Morgan fingerprint density at radius 2 is 1.89 bits per heavy atom. The molecule has 0 aliphatic carbocycles. The summed E-state index contributed by atoms with van der Waals surface area (Å²) in [7, 11) is 0. The summed E-state index contributed by atoms with van der Waals surface area (Å²) in [5, 5.41) is 10.6. The number of thiazole rings is 1. The average Bonchev–Trinajstić information content (AvgIpc) is 2.93. The molecule has 0 amide bonds. The lowest BCUT2D eigenvalue weighted by molar-refractivity contribution is -0.137. The molecule has 3 nitrogen and oxygen atoms in total. The Morgan fingerprint density at radius 1 is 1.21 bits per heavy atom. The summed E-state index contributed by atoms with van der Waals surface area (Å²) in [4.78, 5) is 4.37. The van der Waals surface area contributed by atoms with Gasteiger partial charge in [-0.25, -0.2) is 0 Å². The Morgan fingerprint density at radius 3 is 2.54 bits per heavy atom. The zero-order valence-electron chi connectivity index (χ0n) is 14.4. The van der Waals surface area contributed by atoms with Crippen LogP contribution in [0.3, 0.4) is 0 Å². The normalized spacial score (nSPS) is 13.2. The van der Waals surface area contributed by atoms with Crippen LogP contribution in [0.4, 0.5) is 18.9 Å². The van der Waals surface area contributed by atoms with E-state index in [4.69, 9.17) is 23.8 Å². The fourth-order valence-electron chi connectivity index (χ4n) is 2.62. The van der Waals surface area contributed by atoms with Crippen LogP contribution < -0.4 is 0 Å². The van der Waals surface area contributed by atoms with Crippen LogP contribution >= 0.6 is 35.2 Å². The van der Waals surface area contributed by atoms with Gasteiger partial charge in [0.1, 0.15) is 4.88 Å². The van der Waals surface area contributed by atoms with Crippen LogP contribution in [0.15, 0.2) is 53.5 Å². The maximum Gasteiger partial charge on any atom is 0.416 e. The fourth-order valence-corrected chi connectivity index (χ4v) is 4.12. The maximum atomic E-state index is 12.9. The SMILES string of the molecule is C[C@H](c1ccccc1)n1c(O)c(C=Nc2cc(C(F)(F)F)ccc2Cl)sc1=S. The van der Waals surface area contributed by atoms with E-state index in [0.717, 1.165) is 35.1 Å². The van der Waals surface area contributed by atoms with Crippen LogP contribution in [-0.4, -0.2) is 15.9 Å². The molecule has 0 fully saturated rings. The Kier molecular flexibility index (Phi) is 5.92. The van der Waals surface area contributed by atoms with Gasteiger partial charge in [0.25, 0.3) is 0 Å². The van der Waals surface area contributed by atoms with E-state index < -0.39 is 11.7 Å². The average molecular weight is 443 g/mol. The van der Waals surface area contributed by atoms with Crippen molar-refractivity contribution in [2.24, 2.45) is 4.99 Å². The van der Waals surface area contributed by atoms with Crippen LogP contribution in [0.5, 0.6) is 5.88 Å². The van der Waals surface area contributed by atoms with Gasteiger partial charge in [-0.1, -0.05) is 53.3 Å². The number of aromatic nitrogens is 1. The van der Waals surface area contributed by atoms with Gasteiger partial charge >= 0.3 is 6.18 Å². The third-order valence-corrected chi connectivity index (χ3v) is 5.75. The minimum absolute atomic E-state index is 0.0436. The number of alkyl halides is 3. The van der Waals surface area contributed by atoms with Crippen molar-refractivity contribution in [3.63, 3.8) is 0 Å². The predicted molar refractivity (Wildman–Crippen MR) is 109 cm³/mol. The molecule has 0 aliphatic rings. The van der Waals surface area contributed by atoms with Crippen molar-refractivity contribution in [1.82, 2.24) is 4.57 Å². The summed E-state index contributed by atoms with van der Waals surface area (Å²) >= 11 is 12.4. The molecule has 1 heterocycles. The maximum absolute atomic E-state index is 12.9. The third kappa shape index (κ3) is 4.29. The van der Waals surface area contributed by atoms with Crippen molar-refractivity contribution < 1.29 is 18.3 Å². The van der Waals surface area contributed by atoms with Crippen molar-refractivity contribution in [1.29, 1.82) is 0 Å². The molecule has 0 saturated carbocycles. The number of aromatic hydroxyl groups is 1. The van der Waals surface area contributed by atoms with Crippen molar-refractivity contribution in [2.75, 3.05) is 0 Å². The highest BCUT2D eigenvalue weighted by molar-refractivity contribution is 7.73. The molecule has 0 saturated heterocycles. The predicted octanol–water partition coefficient (Wildman–Crippen LogP) is 7.02. The van der Waals surface area contributed by atoms with Gasteiger partial charge in [-0.2, -0.15) is 13.2 Å². The first-order chi connectivity index (χ1) is 13.2. The fraction of sp³-hybridized carbons (Fsp3) is 0.158. The van der Waals surface area contributed by atoms with Crippen molar-refractivity contribution in [3.8, 4) is 5.88 Å². The summed E-state index contributed by atoms with van der Waals surface area (Å²) < 4.78 is 40.6. The quantitative estimate of drug-likeness (QED) is 0.348. The van der Waals surface area contributed by atoms with Gasteiger partial charge in [-0.15, -0.1) is 0 Å². The molecule has 3 aromatic rings.